The number of carbonyl (C=O) groups excluding carboxylic acids is 1. The molecule has 1 aromatic rings. The van der Waals surface area contributed by atoms with Gasteiger partial charge in [-0.1, -0.05) is 63.6 Å². The van der Waals surface area contributed by atoms with Crippen LogP contribution in [0.25, 0.3) is 5.70 Å². The number of amides is 1. The third-order valence-electron chi connectivity index (χ3n) is 2.64. The first-order chi connectivity index (χ1) is 10.5. The lowest BCUT2D eigenvalue weighted by Gasteiger charge is -2.08. The minimum Gasteiger partial charge on any atom is -0.481 e. The number of carbonyl (C=O) groups is 2. The molecule has 0 aliphatic heterocycles. The molecule has 0 unspecified atom stereocenters. The molecule has 0 radical (unpaired) electrons. The SMILES string of the molecule is C=C(NC(=O)OCCCC(=O)O)c1ccccc1.CCCC. The summed E-state index contributed by atoms with van der Waals surface area (Å²) < 4.78 is 4.81. The Bertz CT molecular complexity index is 455. The van der Waals surface area contributed by atoms with Crippen molar-refractivity contribution in [2.24, 2.45) is 0 Å². The van der Waals surface area contributed by atoms with E-state index in [1.807, 2.05) is 30.3 Å². The number of carboxylic acids is 1. The molecule has 1 aromatic carbocycles. The van der Waals surface area contributed by atoms with Gasteiger partial charge in [-0.3, -0.25) is 10.1 Å². The summed E-state index contributed by atoms with van der Waals surface area (Å²) in [5.74, 6) is -0.910. The standard InChI is InChI=1S/C13H15NO4.C4H10/c1-10(11-6-3-2-4-7-11)14-13(17)18-9-5-8-12(15)16;1-3-4-2/h2-4,6-7H,1,5,8-9H2,(H,14,17)(H,15,16);3-4H2,1-2H3. The highest BCUT2D eigenvalue weighted by molar-refractivity contribution is 5.80. The fourth-order valence-corrected chi connectivity index (χ4v) is 1.26. The lowest BCUT2D eigenvalue weighted by atomic mass is 10.2. The summed E-state index contributed by atoms with van der Waals surface area (Å²) in [6, 6.07) is 9.15. The van der Waals surface area contributed by atoms with E-state index in [1.54, 1.807) is 0 Å². The van der Waals surface area contributed by atoms with Crippen LogP contribution in [0.3, 0.4) is 0 Å². The van der Waals surface area contributed by atoms with E-state index < -0.39 is 12.1 Å². The number of benzene rings is 1. The molecule has 1 rings (SSSR count). The summed E-state index contributed by atoms with van der Waals surface area (Å²) in [6.07, 6.45) is 2.28. The number of carboxylic acid groups (broad SMARTS) is 1. The van der Waals surface area contributed by atoms with Crippen molar-refractivity contribution in [2.75, 3.05) is 6.61 Å². The Labute approximate surface area is 132 Å². The summed E-state index contributed by atoms with van der Waals surface area (Å²) in [6.45, 7) is 8.15. The number of unbranched alkanes of at least 4 members (excludes halogenated alkanes) is 1. The van der Waals surface area contributed by atoms with Crippen LogP contribution in [0.15, 0.2) is 36.9 Å². The number of alkyl carbamates (subject to hydrolysis) is 1. The summed E-state index contributed by atoms with van der Waals surface area (Å²) >= 11 is 0. The van der Waals surface area contributed by atoms with E-state index >= 15 is 0 Å². The zero-order chi connectivity index (χ0) is 16.8. The van der Waals surface area contributed by atoms with Crippen molar-refractivity contribution >= 4 is 17.8 Å². The molecule has 5 nitrogen and oxygen atoms in total. The molecule has 0 saturated carbocycles. The molecule has 0 saturated heterocycles. The molecule has 0 bridgehead atoms. The largest absolute Gasteiger partial charge is 0.481 e. The van der Waals surface area contributed by atoms with Crippen LogP contribution in [-0.2, 0) is 9.53 Å². The smallest absolute Gasteiger partial charge is 0.411 e. The van der Waals surface area contributed by atoms with Gasteiger partial charge in [0.05, 0.1) is 6.61 Å². The number of hydrogen-bond donors (Lipinski definition) is 2. The molecule has 22 heavy (non-hydrogen) atoms. The van der Waals surface area contributed by atoms with Gasteiger partial charge in [-0.15, -0.1) is 0 Å². The average molecular weight is 307 g/mol. The maximum absolute atomic E-state index is 11.3. The minimum absolute atomic E-state index is 0.0209. The number of hydrogen-bond acceptors (Lipinski definition) is 3. The molecule has 5 heteroatoms. The fourth-order valence-electron chi connectivity index (χ4n) is 1.26. The van der Waals surface area contributed by atoms with Gasteiger partial charge in [0.2, 0.25) is 0 Å². The predicted octanol–water partition coefficient (Wildman–Crippen LogP) is 4.05. The van der Waals surface area contributed by atoms with Gasteiger partial charge in [0.1, 0.15) is 0 Å². The molecular weight excluding hydrogens is 282 g/mol. The Morgan fingerprint density at radius 3 is 2.27 bits per heavy atom. The van der Waals surface area contributed by atoms with E-state index in [0.29, 0.717) is 12.1 Å². The Morgan fingerprint density at radius 2 is 1.77 bits per heavy atom. The highest BCUT2D eigenvalue weighted by atomic mass is 16.5. The number of rotatable bonds is 7. The van der Waals surface area contributed by atoms with Crippen LogP contribution in [-0.4, -0.2) is 23.8 Å². The van der Waals surface area contributed by atoms with Gasteiger partial charge in [0, 0.05) is 12.1 Å². The second-order valence-corrected chi connectivity index (χ2v) is 4.60. The maximum atomic E-state index is 11.3. The lowest BCUT2D eigenvalue weighted by molar-refractivity contribution is -0.137. The van der Waals surface area contributed by atoms with E-state index in [9.17, 15) is 9.59 Å². The Morgan fingerprint density at radius 1 is 1.18 bits per heavy atom. The van der Waals surface area contributed by atoms with Crippen molar-refractivity contribution in [3.8, 4) is 0 Å². The van der Waals surface area contributed by atoms with E-state index in [2.05, 4.69) is 25.7 Å². The monoisotopic (exact) mass is 307 g/mol. The summed E-state index contributed by atoms with van der Waals surface area (Å²) in [7, 11) is 0. The van der Waals surface area contributed by atoms with Crippen LogP contribution in [0.1, 0.15) is 45.1 Å². The van der Waals surface area contributed by atoms with E-state index in [0.717, 1.165) is 5.56 Å². The highest BCUT2D eigenvalue weighted by Crippen LogP contribution is 2.08. The Balaban J connectivity index is 0.000000980. The van der Waals surface area contributed by atoms with Gasteiger partial charge in [-0.25, -0.2) is 4.79 Å². The first-order valence-corrected chi connectivity index (χ1v) is 7.41. The molecule has 0 aliphatic carbocycles. The third-order valence-corrected chi connectivity index (χ3v) is 2.64. The summed E-state index contributed by atoms with van der Waals surface area (Å²) in [5.41, 5.74) is 1.24. The summed E-state index contributed by atoms with van der Waals surface area (Å²) in [4.78, 5) is 21.6. The van der Waals surface area contributed by atoms with Gasteiger partial charge >= 0.3 is 12.1 Å². The predicted molar refractivity (Wildman–Crippen MR) is 87.4 cm³/mol. The van der Waals surface area contributed by atoms with Crippen molar-refractivity contribution in [3.63, 3.8) is 0 Å². The average Bonchev–Trinajstić information content (AvgIpc) is 2.52. The van der Waals surface area contributed by atoms with Crippen molar-refractivity contribution in [3.05, 3.63) is 42.5 Å². The molecule has 2 N–H and O–H groups in total. The number of ether oxygens (including phenoxy) is 1. The van der Waals surface area contributed by atoms with Crippen LogP contribution in [0.2, 0.25) is 0 Å². The lowest BCUT2D eigenvalue weighted by Crippen LogP contribution is -2.23. The molecule has 122 valence electrons. The molecule has 0 heterocycles. The van der Waals surface area contributed by atoms with Gasteiger partial charge in [0.25, 0.3) is 0 Å². The molecule has 0 aromatic heterocycles. The highest BCUT2D eigenvalue weighted by Gasteiger charge is 2.05. The topological polar surface area (TPSA) is 75.6 Å². The van der Waals surface area contributed by atoms with Crippen LogP contribution < -0.4 is 5.32 Å². The van der Waals surface area contributed by atoms with Crippen molar-refractivity contribution in [1.29, 1.82) is 0 Å². The van der Waals surface area contributed by atoms with Crippen molar-refractivity contribution in [1.82, 2.24) is 5.32 Å². The second kappa shape index (κ2) is 12.4. The fraction of sp³-hybridized carbons (Fsp3) is 0.412. The molecule has 0 aliphatic rings. The summed E-state index contributed by atoms with van der Waals surface area (Å²) in [5, 5.41) is 10.9. The second-order valence-electron chi connectivity index (χ2n) is 4.60. The van der Waals surface area contributed by atoms with Gasteiger partial charge in [0.15, 0.2) is 0 Å². The van der Waals surface area contributed by atoms with Crippen LogP contribution in [0.5, 0.6) is 0 Å². The van der Waals surface area contributed by atoms with E-state index in [1.165, 1.54) is 12.8 Å². The quantitative estimate of drug-likeness (QED) is 0.745. The van der Waals surface area contributed by atoms with Crippen molar-refractivity contribution in [2.45, 2.75) is 39.5 Å². The normalized spacial score (nSPS) is 9.18. The first kappa shape index (κ1) is 19.7. The van der Waals surface area contributed by atoms with Gasteiger partial charge < -0.3 is 9.84 Å². The van der Waals surface area contributed by atoms with Crippen LogP contribution in [0.4, 0.5) is 4.79 Å². The minimum atomic E-state index is -0.910. The zero-order valence-corrected chi connectivity index (χ0v) is 13.3. The maximum Gasteiger partial charge on any atom is 0.411 e. The Kier molecular flexibility index (Phi) is 11.1. The zero-order valence-electron chi connectivity index (χ0n) is 13.3. The van der Waals surface area contributed by atoms with Crippen LogP contribution >= 0.6 is 0 Å². The molecule has 1 amide bonds. The molecule has 0 spiro atoms. The van der Waals surface area contributed by atoms with Gasteiger partial charge in [-0.05, 0) is 12.0 Å². The Hall–Kier alpha value is -2.30. The number of aliphatic carboxylic acids is 1. The molecule has 0 atom stereocenters. The molecular formula is C17H25NO4. The van der Waals surface area contributed by atoms with Gasteiger partial charge in [-0.2, -0.15) is 0 Å². The first-order valence-electron chi connectivity index (χ1n) is 7.41. The molecule has 0 fully saturated rings. The van der Waals surface area contributed by atoms with Crippen LogP contribution in [0, 0.1) is 0 Å². The third kappa shape index (κ3) is 10.5. The van der Waals surface area contributed by atoms with E-state index in [4.69, 9.17) is 9.84 Å². The van der Waals surface area contributed by atoms with E-state index in [-0.39, 0.29) is 13.0 Å². The number of nitrogens with one attached hydrogen (secondary N) is 1. The van der Waals surface area contributed by atoms with Crippen molar-refractivity contribution < 1.29 is 19.4 Å².